The summed E-state index contributed by atoms with van der Waals surface area (Å²) in [6, 6.07) is 8.16. The van der Waals surface area contributed by atoms with Gasteiger partial charge in [0, 0.05) is 24.5 Å². The number of methoxy groups -OCH3 is 1. The van der Waals surface area contributed by atoms with E-state index in [1.54, 1.807) is 14.0 Å². The van der Waals surface area contributed by atoms with Crippen LogP contribution in [0.5, 0.6) is 5.75 Å². The SMILES string of the molecule is COc1cccc2c1ccn2CCCCC(C)=O. The van der Waals surface area contributed by atoms with E-state index >= 15 is 0 Å². The maximum absolute atomic E-state index is 10.9. The Labute approximate surface area is 107 Å². The Morgan fingerprint density at radius 1 is 1.28 bits per heavy atom. The van der Waals surface area contributed by atoms with Crippen molar-refractivity contribution in [3.05, 3.63) is 30.5 Å². The molecule has 96 valence electrons. The van der Waals surface area contributed by atoms with E-state index in [-0.39, 0.29) is 5.78 Å². The lowest BCUT2D eigenvalue weighted by Crippen LogP contribution is -1.98. The van der Waals surface area contributed by atoms with E-state index < -0.39 is 0 Å². The number of hydrogen-bond acceptors (Lipinski definition) is 2. The molecule has 0 N–H and O–H groups in total. The quantitative estimate of drug-likeness (QED) is 0.730. The summed E-state index contributed by atoms with van der Waals surface area (Å²) in [6.45, 7) is 2.60. The van der Waals surface area contributed by atoms with Crippen molar-refractivity contribution < 1.29 is 9.53 Å². The first-order valence-electron chi connectivity index (χ1n) is 6.33. The number of carbonyl (C=O) groups excluding carboxylic acids is 1. The standard InChI is InChI=1S/C15H19NO2/c1-12(17)6-3-4-10-16-11-9-13-14(16)7-5-8-15(13)18-2/h5,7-9,11H,3-4,6,10H2,1-2H3. The molecular formula is C15H19NO2. The van der Waals surface area contributed by atoms with Crippen molar-refractivity contribution in [2.45, 2.75) is 32.7 Å². The number of hydrogen-bond donors (Lipinski definition) is 0. The fraction of sp³-hybridized carbons (Fsp3) is 0.400. The molecule has 3 nitrogen and oxygen atoms in total. The molecule has 0 aliphatic rings. The lowest BCUT2D eigenvalue weighted by molar-refractivity contribution is -0.117. The average Bonchev–Trinajstić information content (AvgIpc) is 2.77. The minimum atomic E-state index is 0.272. The van der Waals surface area contributed by atoms with Gasteiger partial charge in [0.2, 0.25) is 0 Å². The van der Waals surface area contributed by atoms with E-state index in [0.29, 0.717) is 6.42 Å². The molecule has 0 bridgehead atoms. The molecule has 18 heavy (non-hydrogen) atoms. The van der Waals surface area contributed by atoms with E-state index in [9.17, 15) is 4.79 Å². The summed E-state index contributed by atoms with van der Waals surface area (Å²) in [4.78, 5) is 10.9. The topological polar surface area (TPSA) is 31.2 Å². The van der Waals surface area contributed by atoms with Gasteiger partial charge in [-0.15, -0.1) is 0 Å². The molecule has 1 heterocycles. The molecule has 0 unspecified atom stereocenters. The number of aryl methyl sites for hydroxylation is 1. The number of unbranched alkanes of at least 4 members (excludes halogenated alkanes) is 1. The molecule has 0 atom stereocenters. The molecule has 0 saturated carbocycles. The van der Waals surface area contributed by atoms with Crippen molar-refractivity contribution in [1.82, 2.24) is 4.57 Å². The number of benzene rings is 1. The normalized spacial score (nSPS) is 10.8. The molecule has 2 rings (SSSR count). The zero-order valence-corrected chi connectivity index (χ0v) is 11.0. The van der Waals surface area contributed by atoms with Gasteiger partial charge in [-0.2, -0.15) is 0 Å². The van der Waals surface area contributed by atoms with E-state index in [4.69, 9.17) is 4.74 Å². The maximum atomic E-state index is 10.9. The van der Waals surface area contributed by atoms with Crippen LogP contribution in [0.25, 0.3) is 10.9 Å². The third-order valence-electron chi connectivity index (χ3n) is 3.17. The van der Waals surface area contributed by atoms with Gasteiger partial charge in [-0.1, -0.05) is 6.07 Å². The Bertz CT molecular complexity index is 542. The summed E-state index contributed by atoms with van der Waals surface area (Å²) < 4.78 is 7.56. The van der Waals surface area contributed by atoms with E-state index in [0.717, 1.165) is 30.5 Å². The summed E-state index contributed by atoms with van der Waals surface area (Å²) in [5, 5.41) is 1.14. The molecule has 0 aliphatic heterocycles. The summed E-state index contributed by atoms with van der Waals surface area (Å²) >= 11 is 0. The Balaban J connectivity index is 2.07. The van der Waals surface area contributed by atoms with Crippen molar-refractivity contribution in [3.8, 4) is 5.75 Å². The van der Waals surface area contributed by atoms with Gasteiger partial charge in [0.1, 0.15) is 11.5 Å². The summed E-state index contributed by atoms with van der Waals surface area (Å²) in [5.41, 5.74) is 1.19. The molecule has 2 aromatic rings. The first kappa shape index (κ1) is 12.7. The Morgan fingerprint density at radius 3 is 2.83 bits per heavy atom. The highest BCUT2D eigenvalue weighted by Gasteiger charge is 2.05. The number of ether oxygens (including phenoxy) is 1. The van der Waals surface area contributed by atoms with Gasteiger partial charge in [-0.25, -0.2) is 0 Å². The van der Waals surface area contributed by atoms with Crippen LogP contribution in [-0.4, -0.2) is 17.5 Å². The van der Waals surface area contributed by atoms with Gasteiger partial charge >= 0.3 is 0 Å². The monoisotopic (exact) mass is 245 g/mol. The van der Waals surface area contributed by atoms with E-state index in [1.165, 1.54) is 5.52 Å². The predicted molar refractivity (Wildman–Crippen MR) is 73.0 cm³/mol. The largest absolute Gasteiger partial charge is 0.496 e. The number of rotatable bonds is 6. The predicted octanol–water partition coefficient (Wildman–Crippen LogP) is 3.41. The Hall–Kier alpha value is -1.77. The number of ketones is 1. The molecule has 0 saturated heterocycles. The number of carbonyl (C=O) groups is 1. The van der Waals surface area contributed by atoms with Crippen LogP contribution in [0, 0.1) is 0 Å². The van der Waals surface area contributed by atoms with E-state index in [1.807, 2.05) is 12.1 Å². The van der Waals surface area contributed by atoms with Crippen molar-refractivity contribution >= 4 is 16.7 Å². The molecular weight excluding hydrogens is 226 g/mol. The molecule has 0 aliphatic carbocycles. The van der Waals surface area contributed by atoms with Crippen LogP contribution in [0.2, 0.25) is 0 Å². The number of Topliss-reactive ketones (excluding diaryl/α,β-unsaturated/α-hetero) is 1. The van der Waals surface area contributed by atoms with Crippen LogP contribution < -0.4 is 4.74 Å². The minimum absolute atomic E-state index is 0.272. The van der Waals surface area contributed by atoms with Crippen LogP contribution in [0.4, 0.5) is 0 Å². The second-order valence-corrected chi connectivity index (χ2v) is 4.56. The molecule has 3 heteroatoms. The van der Waals surface area contributed by atoms with Crippen molar-refractivity contribution in [2.75, 3.05) is 7.11 Å². The minimum Gasteiger partial charge on any atom is -0.496 e. The zero-order valence-electron chi connectivity index (χ0n) is 11.0. The summed E-state index contributed by atoms with van der Waals surface area (Å²) in [7, 11) is 1.69. The van der Waals surface area contributed by atoms with Gasteiger partial charge in [0.05, 0.1) is 12.6 Å². The molecule has 0 fully saturated rings. The third kappa shape index (κ3) is 2.73. The molecule has 0 radical (unpaired) electrons. The van der Waals surface area contributed by atoms with Crippen LogP contribution >= 0.6 is 0 Å². The highest BCUT2D eigenvalue weighted by Crippen LogP contribution is 2.26. The highest BCUT2D eigenvalue weighted by molar-refractivity contribution is 5.86. The van der Waals surface area contributed by atoms with Gasteiger partial charge in [-0.3, -0.25) is 0 Å². The molecule has 1 aromatic heterocycles. The number of nitrogens with zero attached hydrogens (tertiary/aromatic N) is 1. The first-order valence-corrected chi connectivity index (χ1v) is 6.33. The van der Waals surface area contributed by atoms with Crippen molar-refractivity contribution in [1.29, 1.82) is 0 Å². The van der Waals surface area contributed by atoms with E-state index in [2.05, 4.69) is 22.9 Å². The number of aromatic nitrogens is 1. The fourth-order valence-electron chi connectivity index (χ4n) is 2.22. The Morgan fingerprint density at radius 2 is 2.11 bits per heavy atom. The van der Waals surface area contributed by atoms with Crippen LogP contribution in [0.15, 0.2) is 30.5 Å². The third-order valence-corrected chi connectivity index (χ3v) is 3.17. The number of fused-ring (bicyclic) bond motifs is 1. The smallest absolute Gasteiger partial charge is 0.129 e. The lowest BCUT2D eigenvalue weighted by atomic mass is 10.2. The molecule has 1 aromatic carbocycles. The highest BCUT2D eigenvalue weighted by atomic mass is 16.5. The van der Waals surface area contributed by atoms with Crippen LogP contribution in [-0.2, 0) is 11.3 Å². The van der Waals surface area contributed by atoms with Gasteiger partial charge in [0.15, 0.2) is 0 Å². The van der Waals surface area contributed by atoms with Crippen molar-refractivity contribution in [3.63, 3.8) is 0 Å². The first-order chi connectivity index (χ1) is 8.72. The molecule has 0 amide bonds. The fourth-order valence-corrected chi connectivity index (χ4v) is 2.22. The van der Waals surface area contributed by atoms with Gasteiger partial charge in [-0.05, 0) is 38.0 Å². The van der Waals surface area contributed by atoms with Gasteiger partial charge < -0.3 is 14.1 Å². The lowest BCUT2D eigenvalue weighted by Gasteiger charge is -2.06. The average molecular weight is 245 g/mol. The second-order valence-electron chi connectivity index (χ2n) is 4.56. The van der Waals surface area contributed by atoms with Crippen LogP contribution in [0.3, 0.4) is 0 Å². The maximum Gasteiger partial charge on any atom is 0.129 e. The molecule has 0 spiro atoms. The zero-order chi connectivity index (χ0) is 13.0. The Kier molecular flexibility index (Phi) is 4.03. The summed E-state index contributed by atoms with van der Waals surface area (Å²) in [6.07, 6.45) is 4.75. The second kappa shape index (κ2) is 5.71. The van der Waals surface area contributed by atoms with Gasteiger partial charge in [0.25, 0.3) is 0 Å². The van der Waals surface area contributed by atoms with Crippen LogP contribution in [0.1, 0.15) is 26.2 Å². The summed E-state index contributed by atoms with van der Waals surface area (Å²) in [5.74, 6) is 1.18. The van der Waals surface area contributed by atoms with Crippen molar-refractivity contribution in [2.24, 2.45) is 0 Å².